The summed E-state index contributed by atoms with van der Waals surface area (Å²) in [6, 6.07) is 0.365. The van der Waals surface area contributed by atoms with Crippen molar-refractivity contribution in [2.24, 2.45) is 11.7 Å². The molecule has 0 spiro atoms. The standard InChI is InChI=1S/C14H28N2O/c1-3-11(4-2)13(14(15)17)16-12-9-7-5-6-8-10-12/h11-13,16H,3-10H2,1-2H3,(H2,15,17). The molecule has 0 heterocycles. The average Bonchev–Trinajstić information content (AvgIpc) is 2.57. The molecule has 0 aliphatic heterocycles. The van der Waals surface area contributed by atoms with E-state index in [1.807, 2.05) is 0 Å². The minimum Gasteiger partial charge on any atom is -0.368 e. The summed E-state index contributed by atoms with van der Waals surface area (Å²) in [6.07, 6.45) is 9.68. The van der Waals surface area contributed by atoms with Gasteiger partial charge in [0.1, 0.15) is 0 Å². The molecule has 17 heavy (non-hydrogen) atoms. The van der Waals surface area contributed by atoms with Gasteiger partial charge in [-0.25, -0.2) is 0 Å². The van der Waals surface area contributed by atoms with Crippen LogP contribution in [0.5, 0.6) is 0 Å². The van der Waals surface area contributed by atoms with Crippen molar-refractivity contribution in [1.82, 2.24) is 5.32 Å². The normalized spacial score (nSPS) is 20.2. The third-order valence-corrected chi connectivity index (χ3v) is 4.10. The molecule has 3 nitrogen and oxygen atoms in total. The molecule has 0 radical (unpaired) electrons. The fourth-order valence-electron chi connectivity index (χ4n) is 2.91. The van der Waals surface area contributed by atoms with Gasteiger partial charge in [0.25, 0.3) is 0 Å². The fraction of sp³-hybridized carbons (Fsp3) is 0.929. The number of hydrogen-bond donors (Lipinski definition) is 2. The van der Waals surface area contributed by atoms with E-state index in [0.717, 1.165) is 12.8 Å². The Balaban J connectivity index is 2.55. The summed E-state index contributed by atoms with van der Waals surface area (Å²) in [4.78, 5) is 11.6. The van der Waals surface area contributed by atoms with Crippen LogP contribution in [0.25, 0.3) is 0 Å². The first-order valence-corrected chi connectivity index (χ1v) is 7.24. The summed E-state index contributed by atoms with van der Waals surface area (Å²) >= 11 is 0. The number of carbonyl (C=O) groups is 1. The van der Waals surface area contributed by atoms with Gasteiger partial charge in [0.15, 0.2) is 0 Å². The Bertz CT molecular complexity index is 218. The predicted molar refractivity (Wildman–Crippen MR) is 71.7 cm³/mol. The molecule has 0 saturated heterocycles. The second-order valence-electron chi connectivity index (χ2n) is 5.31. The lowest BCUT2D eigenvalue weighted by molar-refractivity contribution is -0.121. The summed E-state index contributed by atoms with van der Waals surface area (Å²) < 4.78 is 0. The Hall–Kier alpha value is -0.570. The van der Waals surface area contributed by atoms with Gasteiger partial charge in [-0.3, -0.25) is 4.79 Å². The van der Waals surface area contributed by atoms with Crippen molar-refractivity contribution in [3.63, 3.8) is 0 Å². The van der Waals surface area contributed by atoms with Crippen LogP contribution >= 0.6 is 0 Å². The maximum atomic E-state index is 11.6. The first kappa shape index (κ1) is 14.5. The molecular weight excluding hydrogens is 212 g/mol. The van der Waals surface area contributed by atoms with Gasteiger partial charge in [-0.15, -0.1) is 0 Å². The van der Waals surface area contributed by atoms with Crippen LogP contribution in [0.4, 0.5) is 0 Å². The third kappa shape index (κ3) is 4.66. The fourth-order valence-corrected chi connectivity index (χ4v) is 2.91. The predicted octanol–water partition coefficient (Wildman–Crippen LogP) is 2.59. The molecule has 3 heteroatoms. The third-order valence-electron chi connectivity index (χ3n) is 4.10. The van der Waals surface area contributed by atoms with E-state index in [-0.39, 0.29) is 11.9 Å². The molecule has 1 aliphatic rings. The molecule has 1 atom stereocenters. The van der Waals surface area contributed by atoms with Gasteiger partial charge in [-0.2, -0.15) is 0 Å². The van der Waals surface area contributed by atoms with E-state index in [0.29, 0.717) is 12.0 Å². The molecule has 0 aromatic heterocycles. The summed E-state index contributed by atoms with van der Waals surface area (Å²) in [7, 11) is 0. The number of nitrogens with one attached hydrogen (secondary N) is 1. The first-order valence-electron chi connectivity index (χ1n) is 7.24. The van der Waals surface area contributed by atoms with Crippen molar-refractivity contribution in [3.05, 3.63) is 0 Å². The van der Waals surface area contributed by atoms with Crippen molar-refractivity contribution < 1.29 is 4.79 Å². The van der Waals surface area contributed by atoms with Gasteiger partial charge in [0.2, 0.25) is 5.91 Å². The van der Waals surface area contributed by atoms with Gasteiger partial charge < -0.3 is 11.1 Å². The average molecular weight is 240 g/mol. The minimum absolute atomic E-state index is 0.131. The van der Waals surface area contributed by atoms with Crippen molar-refractivity contribution in [1.29, 1.82) is 0 Å². The lowest BCUT2D eigenvalue weighted by Crippen LogP contribution is -2.50. The van der Waals surface area contributed by atoms with Crippen LogP contribution in [-0.4, -0.2) is 18.0 Å². The Morgan fingerprint density at radius 2 is 1.71 bits per heavy atom. The van der Waals surface area contributed by atoms with Crippen LogP contribution in [-0.2, 0) is 4.79 Å². The van der Waals surface area contributed by atoms with Crippen LogP contribution in [0.1, 0.15) is 65.2 Å². The smallest absolute Gasteiger partial charge is 0.234 e. The molecule has 1 rings (SSSR count). The maximum Gasteiger partial charge on any atom is 0.234 e. The second kappa shape index (κ2) is 7.70. The second-order valence-corrected chi connectivity index (χ2v) is 5.31. The number of rotatable bonds is 6. The van der Waals surface area contributed by atoms with Gasteiger partial charge in [-0.1, -0.05) is 52.4 Å². The quantitative estimate of drug-likeness (QED) is 0.701. The highest BCUT2D eigenvalue weighted by atomic mass is 16.1. The zero-order valence-corrected chi connectivity index (χ0v) is 11.4. The molecular formula is C14H28N2O. The lowest BCUT2D eigenvalue weighted by atomic mass is 9.92. The molecule has 1 aliphatic carbocycles. The van der Waals surface area contributed by atoms with Gasteiger partial charge in [0, 0.05) is 6.04 Å². The Labute approximate surface area is 106 Å². The van der Waals surface area contributed by atoms with E-state index in [2.05, 4.69) is 19.2 Å². The highest BCUT2D eigenvalue weighted by molar-refractivity contribution is 5.80. The Morgan fingerprint density at radius 1 is 1.18 bits per heavy atom. The molecule has 3 N–H and O–H groups in total. The Kier molecular flexibility index (Phi) is 6.56. The van der Waals surface area contributed by atoms with Crippen LogP contribution in [0.3, 0.4) is 0 Å². The molecule has 1 saturated carbocycles. The summed E-state index contributed by atoms with van der Waals surface area (Å²) in [5.41, 5.74) is 5.54. The number of hydrogen-bond acceptors (Lipinski definition) is 2. The van der Waals surface area contributed by atoms with Crippen LogP contribution in [0.2, 0.25) is 0 Å². The molecule has 1 unspecified atom stereocenters. The highest BCUT2D eigenvalue weighted by Crippen LogP contribution is 2.20. The van der Waals surface area contributed by atoms with Gasteiger partial charge >= 0.3 is 0 Å². The summed E-state index contributed by atoms with van der Waals surface area (Å²) in [6.45, 7) is 4.28. The molecule has 0 bridgehead atoms. The van der Waals surface area contributed by atoms with Gasteiger partial charge in [-0.05, 0) is 18.8 Å². The summed E-state index contributed by atoms with van der Waals surface area (Å²) in [5.74, 6) is 0.207. The topological polar surface area (TPSA) is 55.1 Å². The molecule has 1 amide bonds. The molecule has 0 aromatic rings. The van der Waals surface area contributed by atoms with E-state index >= 15 is 0 Å². The van der Waals surface area contributed by atoms with Crippen molar-refractivity contribution >= 4 is 5.91 Å². The van der Waals surface area contributed by atoms with Crippen LogP contribution < -0.4 is 11.1 Å². The zero-order valence-electron chi connectivity index (χ0n) is 11.4. The van der Waals surface area contributed by atoms with E-state index in [4.69, 9.17) is 5.73 Å². The molecule has 0 aromatic carbocycles. The number of amides is 1. The van der Waals surface area contributed by atoms with Gasteiger partial charge in [0.05, 0.1) is 6.04 Å². The first-order chi connectivity index (χ1) is 8.19. The van der Waals surface area contributed by atoms with E-state index in [1.54, 1.807) is 0 Å². The van der Waals surface area contributed by atoms with Crippen molar-refractivity contribution in [3.8, 4) is 0 Å². The zero-order chi connectivity index (χ0) is 12.7. The largest absolute Gasteiger partial charge is 0.368 e. The van der Waals surface area contributed by atoms with Crippen LogP contribution in [0.15, 0.2) is 0 Å². The maximum absolute atomic E-state index is 11.6. The van der Waals surface area contributed by atoms with E-state index in [1.165, 1.54) is 38.5 Å². The SMILES string of the molecule is CCC(CC)C(NC1CCCCCC1)C(N)=O. The van der Waals surface area contributed by atoms with E-state index in [9.17, 15) is 4.79 Å². The molecule has 100 valence electrons. The van der Waals surface area contributed by atoms with Crippen molar-refractivity contribution in [2.45, 2.75) is 77.3 Å². The monoisotopic (exact) mass is 240 g/mol. The number of primary amides is 1. The minimum atomic E-state index is -0.178. The molecule has 1 fully saturated rings. The summed E-state index contributed by atoms with van der Waals surface area (Å²) in [5, 5.41) is 3.52. The van der Waals surface area contributed by atoms with Crippen molar-refractivity contribution in [2.75, 3.05) is 0 Å². The number of carbonyl (C=O) groups excluding carboxylic acids is 1. The highest BCUT2D eigenvalue weighted by Gasteiger charge is 2.26. The Morgan fingerprint density at radius 3 is 2.12 bits per heavy atom. The lowest BCUT2D eigenvalue weighted by Gasteiger charge is -2.28. The number of nitrogens with two attached hydrogens (primary N) is 1. The van der Waals surface area contributed by atoms with E-state index < -0.39 is 0 Å². The van der Waals surface area contributed by atoms with Crippen LogP contribution in [0, 0.1) is 5.92 Å².